The van der Waals surface area contributed by atoms with Crippen molar-refractivity contribution in [1.82, 2.24) is 15.3 Å². The zero-order valence-electron chi connectivity index (χ0n) is 11.3. The van der Waals surface area contributed by atoms with Crippen molar-refractivity contribution in [3.05, 3.63) is 35.1 Å². The molecule has 2 heterocycles. The number of hydrogen-bond donors (Lipinski definition) is 2. The minimum absolute atomic E-state index is 0.159. The van der Waals surface area contributed by atoms with Crippen molar-refractivity contribution in [2.75, 3.05) is 12.3 Å². The number of anilines is 1. The maximum Gasteiger partial charge on any atom is 0.263 e. The Morgan fingerprint density at radius 1 is 1.60 bits per heavy atom. The van der Waals surface area contributed by atoms with Crippen molar-refractivity contribution in [2.45, 2.75) is 20.0 Å². The molecule has 0 saturated carbocycles. The number of rotatable bonds is 5. The number of carbonyl (C=O) groups is 1. The van der Waals surface area contributed by atoms with E-state index in [1.54, 1.807) is 25.4 Å². The molecule has 6 nitrogen and oxygen atoms in total. The lowest BCUT2D eigenvalue weighted by Crippen LogP contribution is -2.33. The van der Waals surface area contributed by atoms with Gasteiger partial charge in [0.05, 0.1) is 18.4 Å². The van der Waals surface area contributed by atoms with E-state index in [0.29, 0.717) is 28.0 Å². The van der Waals surface area contributed by atoms with E-state index in [-0.39, 0.29) is 12.0 Å². The highest BCUT2D eigenvalue weighted by molar-refractivity contribution is 7.17. The molecular formula is C13H16N4O2S. The van der Waals surface area contributed by atoms with Crippen LogP contribution in [0.5, 0.6) is 5.75 Å². The van der Waals surface area contributed by atoms with Crippen LogP contribution in [-0.2, 0) is 0 Å². The lowest BCUT2D eigenvalue weighted by molar-refractivity contribution is 0.0935. The van der Waals surface area contributed by atoms with E-state index in [1.807, 2.05) is 13.0 Å². The maximum absolute atomic E-state index is 12.0. The first-order valence-electron chi connectivity index (χ1n) is 6.14. The number of ether oxygens (including phenoxy) is 1. The summed E-state index contributed by atoms with van der Waals surface area (Å²) in [4.78, 5) is 20.5. The molecule has 106 valence electrons. The third kappa shape index (κ3) is 3.67. The molecule has 0 aliphatic carbocycles. The van der Waals surface area contributed by atoms with E-state index in [2.05, 4.69) is 15.3 Å². The predicted molar refractivity (Wildman–Crippen MR) is 77.9 cm³/mol. The summed E-state index contributed by atoms with van der Waals surface area (Å²) in [6, 6.07) is 3.61. The second-order valence-corrected chi connectivity index (χ2v) is 5.32. The predicted octanol–water partition coefficient (Wildman–Crippen LogP) is 1.63. The van der Waals surface area contributed by atoms with Crippen molar-refractivity contribution in [3.63, 3.8) is 0 Å². The fourth-order valence-electron chi connectivity index (χ4n) is 1.64. The summed E-state index contributed by atoms with van der Waals surface area (Å²) in [6.07, 6.45) is 3.15. The summed E-state index contributed by atoms with van der Waals surface area (Å²) in [6.45, 7) is 4.03. The maximum atomic E-state index is 12.0. The second-order valence-electron chi connectivity index (χ2n) is 4.29. The van der Waals surface area contributed by atoms with E-state index in [9.17, 15) is 4.79 Å². The van der Waals surface area contributed by atoms with Crippen molar-refractivity contribution in [2.24, 2.45) is 0 Å². The highest BCUT2D eigenvalue weighted by atomic mass is 32.1. The summed E-state index contributed by atoms with van der Waals surface area (Å²) in [7, 11) is 0. The molecule has 3 N–H and O–H groups in total. The molecule has 0 aliphatic heterocycles. The fraction of sp³-hybridized carbons (Fsp3) is 0.308. The standard InChI is InChI=1S/C13H16N4O2S/c1-8(19-10-4-3-5-15-7-10)6-16-12(18)11-9(2)17-13(14)20-11/h3-5,7-8H,6H2,1-2H3,(H2,14,17)(H,16,18)/t8-/m1/s1. The van der Waals surface area contributed by atoms with Gasteiger partial charge in [0.25, 0.3) is 5.91 Å². The van der Waals surface area contributed by atoms with E-state index in [1.165, 1.54) is 11.3 Å². The number of thiazole rings is 1. The number of carbonyl (C=O) groups excluding carboxylic acids is 1. The van der Waals surface area contributed by atoms with Crippen LogP contribution in [0.25, 0.3) is 0 Å². The van der Waals surface area contributed by atoms with Gasteiger partial charge in [-0.05, 0) is 26.0 Å². The van der Waals surface area contributed by atoms with Crippen LogP contribution in [0.4, 0.5) is 5.13 Å². The van der Waals surface area contributed by atoms with Crippen molar-refractivity contribution in [3.8, 4) is 5.75 Å². The number of aryl methyl sites for hydroxylation is 1. The first kappa shape index (κ1) is 14.3. The zero-order chi connectivity index (χ0) is 14.5. The number of hydrogen-bond acceptors (Lipinski definition) is 6. The highest BCUT2D eigenvalue weighted by Gasteiger charge is 2.15. The lowest BCUT2D eigenvalue weighted by atomic mass is 10.3. The Hall–Kier alpha value is -2.15. The molecule has 1 amide bonds. The van der Waals surface area contributed by atoms with Crippen LogP contribution in [0.1, 0.15) is 22.3 Å². The number of nitrogens with two attached hydrogens (primary N) is 1. The van der Waals surface area contributed by atoms with Crippen molar-refractivity contribution in [1.29, 1.82) is 0 Å². The first-order valence-corrected chi connectivity index (χ1v) is 6.95. The Morgan fingerprint density at radius 2 is 2.40 bits per heavy atom. The van der Waals surface area contributed by atoms with Crippen molar-refractivity contribution < 1.29 is 9.53 Å². The molecule has 20 heavy (non-hydrogen) atoms. The van der Waals surface area contributed by atoms with E-state index in [0.717, 1.165) is 0 Å². The Balaban J connectivity index is 1.86. The van der Waals surface area contributed by atoms with Crippen LogP contribution < -0.4 is 15.8 Å². The SMILES string of the molecule is Cc1nc(N)sc1C(=O)NC[C@@H](C)Oc1cccnc1. The smallest absolute Gasteiger partial charge is 0.263 e. The normalized spacial score (nSPS) is 11.9. The van der Waals surface area contributed by atoms with Crippen LogP contribution in [-0.4, -0.2) is 28.5 Å². The van der Waals surface area contributed by atoms with Crippen LogP contribution >= 0.6 is 11.3 Å². The van der Waals surface area contributed by atoms with Gasteiger partial charge in [-0.1, -0.05) is 11.3 Å². The largest absolute Gasteiger partial charge is 0.487 e. The van der Waals surface area contributed by atoms with Gasteiger partial charge < -0.3 is 15.8 Å². The summed E-state index contributed by atoms with van der Waals surface area (Å²) < 4.78 is 5.62. The van der Waals surface area contributed by atoms with E-state index < -0.39 is 0 Å². The van der Waals surface area contributed by atoms with Gasteiger partial charge in [-0.15, -0.1) is 0 Å². The Kier molecular flexibility index (Phi) is 4.52. The molecule has 0 bridgehead atoms. The molecule has 0 spiro atoms. The minimum atomic E-state index is -0.182. The number of nitrogen functional groups attached to an aromatic ring is 1. The topological polar surface area (TPSA) is 90.1 Å². The third-order valence-corrected chi connectivity index (χ3v) is 3.53. The Morgan fingerprint density at radius 3 is 3.00 bits per heavy atom. The number of amides is 1. The molecule has 2 rings (SSSR count). The molecule has 0 fully saturated rings. The van der Waals surface area contributed by atoms with Crippen molar-refractivity contribution >= 4 is 22.4 Å². The third-order valence-electron chi connectivity index (χ3n) is 2.54. The number of nitrogens with zero attached hydrogens (tertiary/aromatic N) is 2. The Bertz CT molecular complexity index is 585. The molecule has 2 aromatic heterocycles. The average molecular weight is 292 g/mol. The first-order chi connectivity index (χ1) is 9.56. The summed E-state index contributed by atoms with van der Waals surface area (Å²) in [5.41, 5.74) is 6.22. The van der Waals surface area contributed by atoms with E-state index in [4.69, 9.17) is 10.5 Å². The second kappa shape index (κ2) is 6.33. The van der Waals surface area contributed by atoms with Crippen LogP contribution in [0.15, 0.2) is 24.5 Å². The lowest BCUT2D eigenvalue weighted by Gasteiger charge is -2.14. The summed E-state index contributed by atoms with van der Waals surface area (Å²) in [5, 5.41) is 3.20. The molecule has 0 radical (unpaired) electrons. The summed E-state index contributed by atoms with van der Waals surface area (Å²) >= 11 is 1.18. The van der Waals surface area contributed by atoms with Gasteiger partial charge >= 0.3 is 0 Å². The highest BCUT2D eigenvalue weighted by Crippen LogP contribution is 2.19. The Labute approximate surface area is 121 Å². The fourth-order valence-corrected chi connectivity index (χ4v) is 2.39. The molecular weight excluding hydrogens is 276 g/mol. The van der Waals surface area contributed by atoms with Gasteiger partial charge in [0.2, 0.25) is 0 Å². The van der Waals surface area contributed by atoms with Crippen LogP contribution in [0.2, 0.25) is 0 Å². The molecule has 0 unspecified atom stereocenters. The zero-order valence-corrected chi connectivity index (χ0v) is 12.1. The molecule has 0 aromatic carbocycles. The van der Waals surface area contributed by atoms with Gasteiger partial charge in [0, 0.05) is 6.20 Å². The quantitative estimate of drug-likeness (QED) is 0.874. The summed E-state index contributed by atoms with van der Waals surface area (Å²) in [5.74, 6) is 0.491. The van der Waals surface area contributed by atoms with Gasteiger partial charge in [0.15, 0.2) is 5.13 Å². The van der Waals surface area contributed by atoms with E-state index >= 15 is 0 Å². The minimum Gasteiger partial charge on any atom is -0.487 e. The molecule has 7 heteroatoms. The van der Waals surface area contributed by atoms with Crippen LogP contribution in [0, 0.1) is 6.92 Å². The van der Waals surface area contributed by atoms with Gasteiger partial charge in [-0.25, -0.2) is 4.98 Å². The molecule has 0 aliphatic rings. The number of pyridine rings is 1. The van der Waals surface area contributed by atoms with Gasteiger partial charge in [-0.3, -0.25) is 9.78 Å². The number of aromatic nitrogens is 2. The van der Waals surface area contributed by atoms with Gasteiger partial charge in [-0.2, -0.15) is 0 Å². The monoisotopic (exact) mass is 292 g/mol. The van der Waals surface area contributed by atoms with Gasteiger partial charge in [0.1, 0.15) is 16.7 Å². The molecule has 1 atom stereocenters. The molecule has 2 aromatic rings. The number of nitrogens with one attached hydrogen (secondary N) is 1. The average Bonchev–Trinajstić information content (AvgIpc) is 2.76. The molecule has 0 saturated heterocycles. The van der Waals surface area contributed by atoms with Crippen LogP contribution in [0.3, 0.4) is 0 Å².